The second kappa shape index (κ2) is 14.4. The number of amides is 2. The largest absolute Gasteiger partial charge is 0.489 e. The van der Waals surface area contributed by atoms with Gasteiger partial charge in [-0.1, -0.05) is 23.7 Å². The standard InChI is InChI=1S/C33H36ClFN6O5/c1-21(22-4-6-23(35)7-5-22)38-33(42)39-26-9-8-24(18-25(26)34)46-32-29-27(36-20-37-32)19-28(30-31(29)45-17-16-44-30)43-15-3-10-41-13-11-40(2)12-14-41/h4-9,18-21H,3,10-17H2,1-2H3,(H2,38,39,42)/t21-/m1/s1. The summed E-state index contributed by atoms with van der Waals surface area (Å²) in [5.74, 6) is 1.84. The maximum absolute atomic E-state index is 13.2. The number of ether oxygens (including phenoxy) is 4. The summed E-state index contributed by atoms with van der Waals surface area (Å²) in [7, 11) is 2.15. The van der Waals surface area contributed by atoms with Gasteiger partial charge in [0.2, 0.25) is 11.6 Å². The highest BCUT2D eigenvalue weighted by Gasteiger charge is 2.26. The van der Waals surface area contributed by atoms with Crippen LogP contribution in [0.2, 0.25) is 5.02 Å². The quantitative estimate of drug-likeness (QED) is 0.203. The van der Waals surface area contributed by atoms with Gasteiger partial charge >= 0.3 is 6.03 Å². The zero-order chi connectivity index (χ0) is 32.0. The number of likely N-dealkylation sites (N-methyl/N-ethyl adjacent to an activating group) is 1. The Kier molecular flexibility index (Phi) is 9.86. The number of carbonyl (C=O) groups is 1. The number of aromatic nitrogens is 2. The topological polar surface area (TPSA) is 110 Å². The average Bonchev–Trinajstić information content (AvgIpc) is 3.05. The van der Waals surface area contributed by atoms with Crippen LogP contribution in [0.25, 0.3) is 10.9 Å². The fourth-order valence-electron chi connectivity index (χ4n) is 5.37. The summed E-state index contributed by atoms with van der Waals surface area (Å²) in [6, 6.07) is 11.8. The predicted molar refractivity (Wildman–Crippen MR) is 173 cm³/mol. The van der Waals surface area contributed by atoms with Crippen LogP contribution in [-0.2, 0) is 0 Å². The zero-order valence-corrected chi connectivity index (χ0v) is 26.5. The van der Waals surface area contributed by atoms with Crippen molar-refractivity contribution in [2.24, 2.45) is 0 Å². The third-order valence-corrected chi connectivity index (χ3v) is 8.25. The number of halogens is 2. The second-order valence-corrected chi connectivity index (χ2v) is 11.7. The number of carbonyl (C=O) groups excluding carboxylic acids is 1. The lowest BCUT2D eigenvalue weighted by atomic mass is 10.1. The Morgan fingerprint density at radius 1 is 1.04 bits per heavy atom. The van der Waals surface area contributed by atoms with Crippen molar-refractivity contribution in [1.29, 1.82) is 0 Å². The molecule has 2 N–H and O–H groups in total. The van der Waals surface area contributed by atoms with E-state index in [-0.39, 0.29) is 22.8 Å². The summed E-state index contributed by atoms with van der Waals surface area (Å²) in [5, 5.41) is 6.36. The number of hydrogen-bond donors (Lipinski definition) is 2. The molecule has 0 saturated carbocycles. The summed E-state index contributed by atoms with van der Waals surface area (Å²) >= 11 is 6.52. The Hall–Kier alpha value is -4.39. The third kappa shape index (κ3) is 7.52. The van der Waals surface area contributed by atoms with Crippen molar-refractivity contribution in [3.05, 3.63) is 71.3 Å². The van der Waals surface area contributed by atoms with Crippen LogP contribution in [0.3, 0.4) is 0 Å². The first kappa shape index (κ1) is 31.6. The van der Waals surface area contributed by atoms with Gasteiger partial charge in [-0.15, -0.1) is 0 Å². The first-order chi connectivity index (χ1) is 22.3. The first-order valence-corrected chi connectivity index (χ1v) is 15.6. The monoisotopic (exact) mass is 650 g/mol. The van der Waals surface area contributed by atoms with Crippen molar-refractivity contribution in [2.75, 3.05) is 64.9 Å². The van der Waals surface area contributed by atoms with Gasteiger partial charge in [0.1, 0.15) is 36.5 Å². The van der Waals surface area contributed by atoms with Gasteiger partial charge in [0.15, 0.2) is 11.5 Å². The second-order valence-electron chi connectivity index (χ2n) is 11.3. The maximum Gasteiger partial charge on any atom is 0.319 e. The van der Waals surface area contributed by atoms with Crippen molar-refractivity contribution in [2.45, 2.75) is 19.4 Å². The number of urea groups is 1. The fraction of sp³-hybridized carbons (Fsp3) is 0.364. The molecule has 46 heavy (non-hydrogen) atoms. The SMILES string of the molecule is C[C@@H](NC(=O)Nc1ccc(Oc2ncnc3cc(OCCCN4CCN(C)CC4)c4c(c23)OCCO4)cc1Cl)c1ccc(F)cc1. The minimum absolute atomic E-state index is 0.259. The number of anilines is 1. The van der Waals surface area contributed by atoms with Crippen LogP contribution >= 0.6 is 11.6 Å². The van der Waals surface area contributed by atoms with E-state index in [4.69, 9.17) is 30.5 Å². The highest BCUT2D eigenvalue weighted by atomic mass is 35.5. The maximum atomic E-state index is 13.2. The van der Waals surface area contributed by atoms with Crippen molar-refractivity contribution in [1.82, 2.24) is 25.1 Å². The summed E-state index contributed by atoms with van der Waals surface area (Å²) in [5.41, 5.74) is 1.73. The zero-order valence-electron chi connectivity index (χ0n) is 25.7. The van der Waals surface area contributed by atoms with E-state index in [0.717, 1.165) is 44.7 Å². The molecule has 0 unspecified atom stereocenters. The van der Waals surface area contributed by atoms with E-state index in [1.54, 1.807) is 37.3 Å². The predicted octanol–water partition coefficient (Wildman–Crippen LogP) is 5.88. The van der Waals surface area contributed by atoms with Crippen molar-refractivity contribution in [3.8, 4) is 28.9 Å². The third-order valence-electron chi connectivity index (χ3n) is 7.94. The minimum atomic E-state index is -0.463. The summed E-state index contributed by atoms with van der Waals surface area (Å²) in [4.78, 5) is 26.3. The number of fused-ring (bicyclic) bond motifs is 3. The number of nitrogens with one attached hydrogen (secondary N) is 2. The fourth-order valence-corrected chi connectivity index (χ4v) is 5.59. The molecule has 0 aliphatic carbocycles. The lowest BCUT2D eigenvalue weighted by Gasteiger charge is -2.32. The summed E-state index contributed by atoms with van der Waals surface area (Å²) in [6.45, 7) is 8.35. The molecule has 2 aliphatic rings. The molecule has 1 saturated heterocycles. The lowest BCUT2D eigenvalue weighted by Crippen LogP contribution is -2.44. The van der Waals surface area contributed by atoms with Gasteiger partial charge in [0.05, 0.1) is 28.9 Å². The molecule has 2 aliphatic heterocycles. The van der Waals surface area contributed by atoms with Gasteiger partial charge in [0.25, 0.3) is 0 Å². The number of rotatable bonds is 10. The van der Waals surface area contributed by atoms with Crippen molar-refractivity contribution in [3.63, 3.8) is 0 Å². The molecule has 0 bridgehead atoms. The molecule has 1 aromatic heterocycles. The van der Waals surface area contributed by atoms with Crippen LogP contribution in [0.4, 0.5) is 14.9 Å². The molecule has 4 aromatic rings. The molecular weight excluding hydrogens is 615 g/mol. The Morgan fingerprint density at radius 2 is 1.80 bits per heavy atom. The normalized spacial score (nSPS) is 15.7. The number of benzene rings is 3. The number of nitrogens with zero attached hydrogens (tertiary/aromatic N) is 4. The summed E-state index contributed by atoms with van der Waals surface area (Å²) < 4.78 is 37.6. The lowest BCUT2D eigenvalue weighted by molar-refractivity contribution is 0.142. The smallest absolute Gasteiger partial charge is 0.319 e. The van der Waals surface area contributed by atoms with E-state index >= 15 is 0 Å². The van der Waals surface area contributed by atoms with Gasteiger partial charge in [0, 0.05) is 44.9 Å². The average molecular weight is 651 g/mol. The van der Waals surface area contributed by atoms with Crippen LogP contribution in [0.1, 0.15) is 24.9 Å². The van der Waals surface area contributed by atoms with Gasteiger partial charge in [-0.25, -0.2) is 19.2 Å². The Bertz CT molecular complexity index is 1690. The molecular formula is C33H36ClFN6O5. The number of hydrogen-bond acceptors (Lipinski definition) is 9. The molecule has 13 heteroatoms. The van der Waals surface area contributed by atoms with Gasteiger partial charge in [-0.05, 0) is 50.2 Å². The van der Waals surface area contributed by atoms with Crippen LogP contribution in [0.5, 0.6) is 28.9 Å². The molecule has 2 amide bonds. The highest BCUT2D eigenvalue weighted by molar-refractivity contribution is 6.33. The molecule has 6 rings (SSSR count). The molecule has 1 fully saturated rings. The number of piperazine rings is 1. The molecule has 11 nitrogen and oxygen atoms in total. The van der Waals surface area contributed by atoms with E-state index in [9.17, 15) is 9.18 Å². The van der Waals surface area contributed by atoms with E-state index in [2.05, 4.69) is 37.4 Å². The van der Waals surface area contributed by atoms with E-state index in [1.807, 2.05) is 6.07 Å². The van der Waals surface area contributed by atoms with Crippen molar-refractivity contribution >= 4 is 34.2 Å². The first-order valence-electron chi connectivity index (χ1n) is 15.3. The molecule has 3 aromatic carbocycles. The van der Waals surface area contributed by atoms with Crippen LogP contribution in [0, 0.1) is 5.82 Å². The van der Waals surface area contributed by atoms with Crippen molar-refractivity contribution < 1.29 is 28.1 Å². The molecule has 0 spiro atoms. The Balaban J connectivity index is 1.13. The molecule has 242 valence electrons. The summed E-state index contributed by atoms with van der Waals surface area (Å²) in [6.07, 6.45) is 2.30. The van der Waals surface area contributed by atoms with Gasteiger partial charge in [-0.3, -0.25) is 0 Å². The van der Waals surface area contributed by atoms with Crippen LogP contribution < -0.4 is 29.6 Å². The highest BCUT2D eigenvalue weighted by Crippen LogP contribution is 2.48. The molecule has 0 radical (unpaired) electrons. The molecule has 3 heterocycles. The molecule has 1 atom stereocenters. The van der Waals surface area contributed by atoms with Gasteiger partial charge in [-0.2, -0.15) is 0 Å². The van der Waals surface area contributed by atoms with E-state index in [1.165, 1.54) is 18.5 Å². The van der Waals surface area contributed by atoms with Gasteiger partial charge < -0.3 is 39.4 Å². The Morgan fingerprint density at radius 3 is 2.57 bits per heavy atom. The minimum Gasteiger partial charge on any atom is -0.489 e. The Labute approximate surface area is 271 Å². The van der Waals surface area contributed by atoms with Crippen LogP contribution in [0.15, 0.2) is 54.9 Å². The van der Waals surface area contributed by atoms with E-state index < -0.39 is 6.03 Å². The van der Waals surface area contributed by atoms with Crippen LogP contribution in [-0.4, -0.2) is 85.4 Å². The van der Waals surface area contributed by atoms with E-state index in [0.29, 0.717) is 59.4 Å².